The van der Waals surface area contributed by atoms with Crippen LogP contribution in [0, 0.1) is 0 Å². The Morgan fingerprint density at radius 2 is 1.16 bits per heavy atom. The van der Waals surface area contributed by atoms with E-state index >= 15 is 0 Å². The Hall–Kier alpha value is -3.78. The summed E-state index contributed by atoms with van der Waals surface area (Å²) in [7, 11) is 0. The van der Waals surface area contributed by atoms with Crippen LogP contribution in [0.4, 0.5) is 0 Å². The molecular formula is C36H43NO6. The number of hydrogen-bond acceptors (Lipinski definition) is 5. The van der Waals surface area contributed by atoms with Crippen molar-refractivity contribution in [2.75, 3.05) is 26.4 Å². The zero-order chi connectivity index (χ0) is 30.3. The number of aliphatic hydroxyl groups excluding tert-OH is 1. The molecule has 0 radical (unpaired) electrons. The Bertz CT molecular complexity index is 1450. The van der Waals surface area contributed by atoms with Crippen LogP contribution < -0.4 is 5.32 Å². The lowest BCUT2D eigenvalue weighted by atomic mass is 10.0. The highest BCUT2D eigenvalue weighted by molar-refractivity contribution is 5.88. The highest BCUT2D eigenvalue weighted by Gasteiger charge is 2.35. The highest BCUT2D eigenvalue weighted by atomic mass is 16.6. The van der Waals surface area contributed by atoms with Crippen molar-refractivity contribution < 1.29 is 29.3 Å². The van der Waals surface area contributed by atoms with Gasteiger partial charge in [0.15, 0.2) is 12.2 Å². The Kier molecular flexibility index (Phi) is 13.0. The Balaban J connectivity index is 1.16. The van der Waals surface area contributed by atoms with E-state index in [1.807, 2.05) is 24.3 Å². The molecule has 0 aliphatic rings. The number of nitrogens with one attached hydrogen (secondary N) is 1. The number of carbonyl (C=O) groups is 2. The minimum absolute atomic E-state index is 0.150. The second kappa shape index (κ2) is 17.4. The number of aliphatic carboxylic acids is 1. The van der Waals surface area contributed by atoms with Gasteiger partial charge in [0.2, 0.25) is 0 Å². The van der Waals surface area contributed by atoms with Gasteiger partial charge in [-0.15, -0.1) is 0 Å². The van der Waals surface area contributed by atoms with Gasteiger partial charge in [0, 0.05) is 13.2 Å². The molecule has 0 unspecified atom stereocenters. The second-order valence-corrected chi connectivity index (χ2v) is 10.9. The molecule has 0 heterocycles. The summed E-state index contributed by atoms with van der Waals surface area (Å²) in [6, 6.07) is 29.6. The number of ether oxygens (including phenoxy) is 2. The van der Waals surface area contributed by atoms with E-state index in [0.29, 0.717) is 13.0 Å². The molecular weight excluding hydrogens is 542 g/mol. The molecule has 0 spiro atoms. The number of aryl methyl sites for hydroxylation is 2. The predicted octanol–water partition coefficient (Wildman–Crippen LogP) is 6.08. The third-order valence-corrected chi connectivity index (χ3v) is 7.64. The summed E-state index contributed by atoms with van der Waals surface area (Å²) in [6.45, 7) is 0.148. The van der Waals surface area contributed by atoms with Crippen molar-refractivity contribution in [1.29, 1.82) is 0 Å². The molecule has 0 bridgehead atoms. The van der Waals surface area contributed by atoms with Crippen molar-refractivity contribution in [1.82, 2.24) is 5.32 Å². The van der Waals surface area contributed by atoms with Gasteiger partial charge < -0.3 is 25.0 Å². The van der Waals surface area contributed by atoms with E-state index in [4.69, 9.17) is 9.47 Å². The van der Waals surface area contributed by atoms with Crippen molar-refractivity contribution in [2.45, 2.75) is 63.6 Å². The maximum absolute atomic E-state index is 12.9. The van der Waals surface area contributed by atoms with Crippen LogP contribution in [-0.4, -0.2) is 60.7 Å². The lowest BCUT2D eigenvalue weighted by molar-refractivity contribution is -0.169. The Morgan fingerprint density at radius 3 is 1.72 bits per heavy atom. The number of unbranched alkanes of at least 4 members (excludes halogenated alkanes) is 4. The summed E-state index contributed by atoms with van der Waals surface area (Å²) in [5, 5.41) is 26.7. The molecule has 4 aromatic rings. The fourth-order valence-electron chi connectivity index (χ4n) is 5.32. The standard InChI is InChI=1S/C36H43NO6/c38-22-24-43-33(35(39)37-21-9-1-3-11-27-17-19-29-13-5-7-15-31(29)25-27)34(36(40)41)42-23-10-2-4-12-28-18-20-30-14-6-8-16-32(30)26-28/h5-8,13-20,25-26,33-34,38H,1-4,9-12,21-24H2,(H,37,39)(H,40,41)/t33-,34-/m1/s1. The number of benzene rings is 4. The molecule has 7 heteroatoms. The predicted molar refractivity (Wildman–Crippen MR) is 170 cm³/mol. The van der Waals surface area contributed by atoms with Crippen LogP contribution in [0.3, 0.4) is 0 Å². The van der Waals surface area contributed by atoms with Crippen molar-refractivity contribution in [3.8, 4) is 0 Å². The molecule has 0 aliphatic carbocycles. The third-order valence-electron chi connectivity index (χ3n) is 7.64. The summed E-state index contributed by atoms with van der Waals surface area (Å²) in [6.07, 6.45) is 4.27. The van der Waals surface area contributed by atoms with Gasteiger partial charge in [-0.2, -0.15) is 0 Å². The van der Waals surface area contributed by atoms with Crippen LogP contribution in [0.15, 0.2) is 84.9 Å². The van der Waals surface area contributed by atoms with Gasteiger partial charge in [0.1, 0.15) is 0 Å². The number of hydrogen-bond donors (Lipinski definition) is 3. The van der Waals surface area contributed by atoms with Gasteiger partial charge in [-0.05, 0) is 71.2 Å². The van der Waals surface area contributed by atoms with Crippen molar-refractivity contribution >= 4 is 33.4 Å². The van der Waals surface area contributed by atoms with Crippen LogP contribution >= 0.6 is 0 Å². The van der Waals surface area contributed by atoms with E-state index in [1.165, 1.54) is 32.7 Å². The number of carbonyl (C=O) groups excluding carboxylic acids is 1. The van der Waals surface area contributed by atoms with Crippen LogP contribution in [0.2, 0.25) is 0 Å². The van der Waals surface area contributed by atoms with Gasteiger partial charge >= 0.3 is 5.97 Å². The summed E-state index contributed by atoms with van der Waals surface area (Å²) < 4.78 is 11.1. The first-order chi connectivity index (χ1) is 21.0. The van der Waals surface area contributed by atoms with Crippen LogP contribution in [-0.2, 0) is 31.9 Å². The van der Waals surface area contributed by atoms with Gasteiger partial charge in [0.25, 0.3) is 5.91 Å². The van der Waals surface area contributed by atoms with Gasteiger partial charge in [-0.1, -0.05) is 97.8 Å². The third kappa shape index (κ3) is 10.2. The zero-order valence-corrected chi connectivity index (χ0v) is 24.8. The molecule has 0 saturated carbocycles. The number of amides is 1. The number of fused-ring (bicyclic) bond motifs is 2. The first-order valence-electron chi connectivity index (χ1n) is 15.3. The second-order valence-electron chi connectivity index (χ2n) is 10.9. The summed E-state index contributed by atoms with van der Waals surface area (Å²) in [5.74, 6) is -1.80. The molecule has 43 heavy (non-hydrogen) atoms. The lowest BCUT2D eigenvalue weighted by Gasteiger charge is -2.23. The van der Waals surface area contributed by atoms with Crippen molar-refractivity contribution in [2.24, 2.45) is 0 Å². The van der Waals surface area contributed by atoms with Crippen LogP contribution in [0.25, 0.3) is 21.5 Å². The molecule has 1 amide bonds. The molecule has 7 nitrogen and oxygen atoms in total. The molecule has 0 aromatic heterocycles. The van der Waals surface area contributed by atoms with E-state index in [2.05, 4.69) is 66.0 Å². The molecule has 4 aromatic carbocycles. The van der Waals surface area contributed by atoms with Gasteiger partial charge in [0.05, 0.1) is 13.2 Å². The SMILES string of the molecule is O=C(O)[C@H](OCCCCCc1ccc2ccccc2c1)[C@@H](OCCO)C(=O)NCCCCCc1ccc2ccccc2c1. The van der Waals surface area contributed by atoms with Crippen molar-refractivity contribution in [3.05, 3.63) is 96.1 Å². The summed E-state index contributed by atoms with van der Waals surface area (Å²) in [4.78, 5) is 24.9. The fourth-order valence-corrected chi connectivity index (χ4v) is 5.32. The number of carboxylic acid groups (broad SMARTS) is 1. The molecule has 0 fully saturated rings. The van der Waals surface area contributed by atoms with E-state index in [1.54, 1.807) is 0 Å². The van der Waals surface area contributed by atoms with Crippen molar-refractivity contribution in [3.63, 3.8) is 0 Å². The van der Waals surface area contributed by atoms with Gasteiger partial charge in [-0.3, -0.25) is 4.79 Å². The van der Waals surface area contributed by atoms with Crippen LogP contribution in [0.1, 0.15) is 49.7 Å². The topological polar surface area (TPSA) is 105 Å². The lowest BCUT2D eigenvalue weighted by Crippen LogP contribution is -2.49. The highest BCUT2D eigenvalue weighted by Crippen LogP contribution is 2.19. The molecule has 0 saturated heterocycles. The first kappa shape index (κ1) is 32.1. The quantitative estimate of drug-likeness (QED) is 0.115. The summed E-state index contributed by atoms with van der Waals surface area (Å²) >= 11 is 0. The average Bonchev–Trinajstić information content (AvgIpc) is 3.03. The Labute approximate surface area is 253 Å². The molecule has 2 atom stereocenters. The molecule has 228 valence electrons. The normalized spacial score (nSPS) is 12.8. The van der Waals surface area contributed by atoms with E-state index in [-0.39, 0.29) is 19.8 Å². The monoisotopic (exact) mass is 585 g/mol. The average molecular weight is 586 g/mol. The largest absolute Gasteiger partial charge is 0.479 e. The number of aliphatic hydroxyl groups is 1. The first-order valence-corrected chi connectivity index (χ1v) is 15.3. The van der Waals surface area contributed by atoms with E-state index < -0.39 is 24.1 Å². The molecule has 4 rings (SSSR count). The maximum atomic E-state index is 12.9. The van der Waals surface area contributed by atoms with E-state index in [0.717, 1.165) is 44.9 Å². The fraction of sp³-hybridized carbons (Fsp3) is 0.389. The maximum Gasteiger partial charge on any atom is 0.336 e. The Morgan fingerprint density at radius 1 is 0.628 bits per heavy atom. The van der Waals surface area contributed by atoms with E-state index in [9.17, 15) is 19.8 Å². The smallest absolute Gasteiger partial charge is 0.336 e. The van der Waals surface area contributed by atoms with Crippen LogP contribution in [0.5, 0.6) is 0 Å². The number of carboxylic acids is 1. The number of rotatable bonds is 19. The molecule has 3 N–H and O–H groups in total. The minimum Gasteiger partial charge on any atom is -0.479 e. The zero-order valence-electron chi connectivity index (χ0n) is 24.8. The molecule has 0 aliphatic heterocycles. The van der Waals surface area contributed by atoms with Gasteiger partial charge in [-0.25, -0.2) is 4.79 Å². The summed E-state index contributed by atoms with van der Waals surface area (Å²) in [5.41, 5.74) is 2.56. The minimum atomic E-state index is -1.44.